The SMILES string of the molecule is Cc1nc2sc3c(NC4CCC4)ncnc3c2c(C)c1Cl.Cl. The molecule has 1 N–H and O–H groups in total. The van der Waals surface area contributed by atoms with Crippen molar-refractivity contribution in [1.29, 1.82) is 0 Å². The number of nitrogens with one attached hydrogen (secondary N) is 1. The summed E-state index contributed by atoms with van der Waals surface area (Å²) in [5, 5.41) is 5.32. The molecule has 4 nitrogen and oxygen atoms in total. The highest BCUT2D eigenvalue weighted by molar-refractivity contribution is 7.26. The van der Waals surface area contributed by atoms with Crippen LogP contribution >= 0.6 is 35.3 Å². The van der Waals surface area contributed by atoms with Crippen LogP contribution in [0, 0.1) is 13.8 Å². The van der Waals surface area contributed by atoms with Gasteiger partial charge in [0.15, 0.2) is 0 Å². The van der Waals surface area contributed by atoms with E-state index in [9.17, 15) is 0 Å². The number of pyridine rings is 1. The van der Waals surface area contributed by atoms with Crippen molar-refractivity contribution in [2.45, 2.75) is 39.2 Å². The lowest BCUT2D eigenvalue weighted by Gasteiger charge is -2.26. The summed E-state index contributed by atoms with van der Waals surface area (Å²) >= 11 is 8.00. The predicted molar refractivity (Wildman–Crippen MR) is 95.7 cm³/mol. The van der Waals surface area contributed by atoms with Gasteiger partial charge in [-0.2, -0.15) is 0 Å². The fourth-order valence-corrected chi connectivity index (χ4v) is 4.07. The summed E-state index contributed by atoms with van der Waals surface area (Å²) in [6, 6.07) is 0.549. The highest BCUT2D eigenvalue weighted by Crippen LogP contribution is 2.39. The van der Waals surface area contributed by atoms with Gasteiger partial charge in [0, 0.05) is 11.4 Å². The summed E-state index contributed by atoms with van der Waals surface area (Å²) in [5.41, 5.74) is 2.88. The molecule has 0 radical (unpaired) electrons. The van der Waals surface area contributed by atoms with E-state index in [2.05, 4.69) is 20.3 Å². The van der Waals surface area contributed by atoms with Crippen LogP contribution in [0.1, 0.15) is 30.5 Å². The molecule has 3 heterocycles. The fourth-order valence-electron chi connectivity index (χ4n) is 2.75. The molecule has 0 unspecified atom stereocenters. The van der Waals surface area contributed by atoms with E-state index in [1.54, 1.807) is 17.7 Å². The van der Waals surface area contributed by atoms with Crippen molar-refractivity contribution in [2.75, 3.05) is 5.32 Å². The third-order valence-corrected chi connectivity index (χ3v) is 5.83. The molecule has 0 atom stereocenters. The van der Waals surface area contributed by atoms with Gasteiger partial charge >= 0.3 is 0 Å². The van der Waals surface area contributed by atoms with E-state index in [1.165, 1.54) is 19.3 Å². The Morgan fingerprint density at radius 1 is 1.27 bits per heavy atom. The Balaban J connectivity index is 0.00000144. The van der Waals surface area contributed by atoms with Gasteiger partial charge < -0.3 is 5.32 Å². The molecule has 0 spiro atoms. The number of aryl methyl sites for hydroxylation is 2. The van der Waals surface area contributed by atoms with Crippen molar-refractivity contribution in [3.05, 3.63) is 22.6 Å². The second-order valence-corrected chi connectivity index (χ2v) is 6.97. The maximum Gasteiger partial charge on any atom is 0.147 e. The lowest BCUT2D eigenvalue weighted by atomic mass is 9.93. The Bertz CT molecular complexity index is 858. The number of rotatable bonds is 2. The Kier molecular flexibility index (Phi) is 4.14. The normalized spacial score (nSPS) is 14.9. The molecule has 1 aliphatic carbocycles. The van der Waals surface area contributed by atoms with Gasteiger partial charge in [0.25, 0.3) is 0 Å². The maximum atomic E-state index is 6.35. The van der Waals surface area contributed by atoms with Gasteiger partial charge in [-0.25, -0.2) is 15.0 Å². The van der Waals surface area contributed by atoms with E-state index < -0.39 is 0 Å². The van der Waals surface area contributed by atoms with Crippen LogP contribution in [0.4, 0.5) is 5.82 Å². The first kappa shape index (κ1) is 15.7. The molecule has 0 saturated heterocycles. The van der Waals surface area contributed by atoms with Gasteiger partial charge in [-0.05, 0) is 38.7 Å². The Morgan fingerprint density at radius 3 is 2.73 bits per heavy atom. The molecule has 7 heteroatoms. The number of aromatic nitrogens is 3. The number of hydrogen-bond acceptors (Lipinski definition) is 5. The van der Waals surface area contributed by atoms with E-state index in [-0.39, 0.29) is 12.4 Å². The Morgan fingerprint density at radius 2 is 2.05 bits per heavy atom. The monoisotopic (exact) mass is 354 g/mol. The van der Waals surface area contributed by atoms with Crippen LogP contribution in [-0.4, -0.2) is 21.0 Å². The molecular formula is C15H16Cl2N4S. The van der Waals surface area contributed by atoms with Crippen molar-refractivity contribution in [3.8, 4) is 0 Å². The molecule has 116 valence electrons. The minimum Gasteiger partial charge on any atom is -0.366 e. The first-order valence-corrected chi connectivity index (χ1v) is 8.31. The van der Waals surface area contributed by atoms with Gasteiger partial charge in [0.1, 0.15) is 17.0 Å². The molecule has 3 aromatic rings. The maximum absolute atomic E-state index is 6.35. The van der Waals surface area contributed by atoms with Crippen molar-refractivity contribution < 1.29 is 0 Å². The molecule has 22 heavy (non-hydrogen) atoms. The molecule has 3 aromatic heterocycles. The van der Waals surface area contributed by atoms with E-state index in [0.29, 0.717) is 6.04 Å². The first-order valence-electron chi connectivity index (χ1n) is 7.11. The van der Waals surface area contributed by atoms with Crippen molar-refractivity contribution in [2.24, 2.45) is 0 Å². The van der Waals surface area contributed by atoms with Crippen LogP contribution in [0.15, 0.2) is 6.33 Å². The van der Waals surface area contributed by atoms with Gasteiger partial charge in [-0.1, -0.05) is 11.6 Å². The molecule has 0 amide bonds. The van der Waals surface area contributed by atoms with Gasteiger partial charge in [-0.15, -0.1) is 23.7 Å². The lowest BCUT2D eigenvalue weighted by molar-refractivity contribution is 0.445. The third-order valence-electron chi connectivity index (χ3n) is 4.19. The first-order chi connectivity index (χ1) is 10.1. The summed E-state index contributed by atoms with van der Waals surface area (Å²) in [6.45, 7) is 3.98. The Labute approximate surface area is 143 Å². The van der Waals surface area contributed by atoms with Crippen LogP contribution < -0.4 is 5.32 Å². The number of anilines is 1. The molecular weight excluding hydrogens is 339 g/mol. The number of halogens is 2. The van der Waals surface area contributed by atoms with Crippen LogP contribution in [0.2, 0.25) is 5.02 Å². The standard InChI is InChI=1S/C15H15ClN4S.ClH/c1-7-10-12-13(21-15(10)19-8(2)11(7)16)14(18-6-17-12)20-9-4-3-5-9;/h6,9H,3-5H2,1-2H3,(H,17,18,20);1H. The van der Waals surface area contributed by atoms with Crippen LogP contribution in [0.5, 0.6) is 0 Å². The van der Waals surface area contributed by atoms with Crippen LogP contribution in [0.25, 0.3) is 20.4 Å². The van der Waals surface area contributed by atoms with Crippen molar-refractivity contribution >= 4 is 61.6 Å². The summed E-state index contributed by atoms with van der Waals surface area (Å²) in [5.74, 6) is 0.931. The third kappa shape index (κ3) is 2.32. The number of thiophene rings is 1. The summed E-state index contributed by atoms with van der Waals surface area (Å²) in [4.78, 5) is 14.5. The van der Waals surface area contributed by atoms with E-state index in [0.717, 1.165) is 42.5 Å². The summed E-state index contributed by atoms with van der Waals surface area (Å²) in [6.07, 6.45) is 5.37. The average molecular weight is 355 g/mol. The molecule has 0 bridgehead atoms. The molecule has 4 rings (SSSR count). The number of fused-ring (bicyclic) bond motifs is 3. The van der Waals surface area contributed by atoms with Crippen molar-refractivity contribution in [3.63, 3.8) is 0 Å². The number of hydrogen-bond donors (Lipinski definition) is 1. The quantitative estimate of drug-likeness (QED) is 0.711. The van der Waals surface area contributed by atoms with Gasteiger partial charge in [-0.3, -0.25) is 0 Å². The summed E-state index contributed by atoms with van der Waals surface area (Å²) in [7, 11) is 0. The van der Waals surface area contributed by atoms with Crippen LogP contribution in [0.3, 0.4) is 0 Å². The molecule has 0 aromatic carbocycles. The molecule has 1 fully saturated rings. The zero-order valence-electron chi connectivity index (χ0n) is 12.3. The van der Waals surface area contributed by atoms with Gasteiger partial charge in [0.05, 0.1) is 20.9 Å². The minimum atomic E-state index is 0. The largest absolute Gasteiger partial charge is 0.366 e. The van der Waals surface area contributed by atoms with E-state index in [4.69, 9.17) is 11.6 Å². The second-order valence-electron chi connectivity index (χ2n) is 5.59. The molecule has 0 aliphatic heterocycles. The Hall–Kier alpha value is -1.17. The lowest BCUT2D eigenvalue weighted by Crippen LogP contribution is -2.27. The molecule has 1 aliphatic rings. The highest BCUT2D eigenvalue weighted by Gasteiger charge is 2.21. The summed E-state index contributed by atoms with van der Waals surface area (Å²) < 4.78 is 1.08. The average Bonchev–Trinajstić information content (AvgIpc) is 2.79. The molecule has 1 saturated carbocycles. The van der Waals surface area contributed by atoms with E-state index >= 15 is 0 Å². The van der Waals surface area contributed by atoms with E-state index in [1.807, 2.05) is 13.8 Å². The predicted octanol–water partition coefficient (Wildman–Crippen LogP) is 4.90. The number of nitrogens with zero attached hydrogens (tertiary/aromatic N) is 3. The zero-order chi connectivity index (χ0) is 14.6. The second kappa shape index (κ2) is 5.80. The zero-order valence-corrected chi connectivity index (χ0v) is 14.7. The topological polar surface area (TPSA) is 50.7 Å². The smallest absolute Gasteiger partial charge is 0.147 e. The van der Waals surface area contributed by atoms with Crippen molar-refractivity contribution in [1.82, 2.24) is 15.0 Å². The fraction of sp³-hybridized carbons (Fsp3) is 0.400. The minimum absolute atomic E-state index is 0. The van der Waals surface area contributed by atoms with Gasteiger partial charge in [0.2, 0.25) is 0 Å². The van der Waals surface area contributed by atoms with Crippen LogP contribution in [-0.2, 0) is 0 Å². The highest BCUT2D eigenvalue weighted by atomic mass is 35.5.